The van der Waals surface area contributed by atoms with Crippen molar-refractivity contribution in [2.75, 3.05) is 12.4 Å². The van der Waals surface area contributed by atoms with E-state index in [1.807, 2.05) is 71.7 Å². The number of ether oxygens (including phenoxy) is 1. The van der Waals surface area contributed by atoms with E-state index in [-0.39, 0.29) is 5.82 Å². The van der Waals surface area contributed by atoms with E-state index in [9.17, 15) is 4.39 Å². The van der Waals surface area contributed by atoms with Crippen LogP contribution >= 0.6 is 0 Å². The number of hydrogen-bond acceptors (Lipinski definition) is 4. The molecule has 5 aromatic rings. The number of benzene rings is 2. The number of pyridine rings is 1. The van der Waals surface area contributed by atoms with Gasteiger partial charge in [0.05, 0.1) is 29.9 Å². The van der Waals surface area contributed by atoms with Gasteiger partial charge in [-0.05, 0) is 62.4 Å². The first-order valence-electron chi connectivity index (χ1n) is 10.2. The molecule has 3 heterocycles. The second-order valence-corrected chi connectivity index (χ2v) is 7.60. The van der Waals surface area contributed by atoms with Crippen molar-refractivity contribution >= 4 is 17.0 Å². The lowest BCUT2D eigenvalue weighted by Gasteiger charge is -2.14. The number of imidazole rings is 2. The van der Waals surface area contributed by atoms with Crippen molar-refractivity contribution in [2.45, 2.75) is 13.8 Å². The highest BCUT2D eigenvalue weighted by Crippen LogP contribution is 2.31. The van der Waals surface area contributed by atoms with Crippen molar-refractivity contribution in [3.63, 3.8) is 0 Å². The van der Waals surface area contributed by atoms with Crippen molar-refractivity contribution in [3.05, 3.63) is 90.5 Å². The average molecular weight is 427 g/mol. The Labute approximate surface area is 185 Å². The molecule has 0 atom stereocenters. The lowest BCUT2D eigenvalue weighted by atomic mass is 10.2. The molecule has 0 fully saturated rings. The molecule has 1 N–H and O–H groups in total. The first-order chi connectivity index (χ1) is 15.5. The van der Waals surface area contributed by atoms with Crippen LogP contribution in [-0.4, -0.2) is 26.0 Å². The van der Waals surface area contributed by atoms with Crippen molar-refractivity contribution in [1.82, 2.24) is 18.9 Å². The van der Waals surface area contributed by atoms with E-state index in [2.05, 4.69) is 10.3 Å². The minimum absolute atomic E-state index is 0.265. The number of aromatic nitrogens is 4. The molecule has 0 amide bonds. The lowest BCUT2D eigenvalue weighted by molar-refractivity contribution is 0.413. The first kappa shape index (κ1) is 19.8. The number of rotatable bonds is 5. The minimum atomic E-state index is -0.265. The number of nitrogens with zero attached hydrogens (tertiary/aromatic N) is 4. The number of halogens is 1. The van der Waals surface area contributed by atoms with E-state index < -0.39 is 0 Å². The van der Waals surface area contributed by atoms with Crippen LogP contribution in [0.2, 0.25) is 0 Å². The van der Waals surface area contributed by atoms with Gasteiger partial charge in [0.2, 0.25) is 0 Å². The van der Waals surface area contributed by atoms with Crippen LogP contribution in [0.3, 0.4) is 0 Å². The van der Waals surface area contributed by atoms with Gasteiger partial charge < -0.3 is 19.0 Å². The predicted octanol–water partition coefficient (Wildman–Crippen LogP) is 5.70. The number of methoxy groups -OCH3 is 1. The summed E-state index contributed by atoms with van der Waals surface area (Å²) < 4.78 is 22.9. The molecule has 6 nitrogen and oxygen atoms in total. The van der Waals surface area contributed by atoms with Gasteiger partial charge in [-0.15, -0.1) is 0 Å². The molecule has 160 valence electrons. The molecule has 5 rings (SSSR count). The minimum Gasteiger partial charge on any atom is -0.494 e. The van der Waals surface area contributed by atoms with Gasteiger partial charge in [0, 0.05) is 35.9 Å². The summed E-state index contributed by atoms with van der Waals surface area (Å²) in [7, 11) is 1.66. The summed E-state index contributed by atoms with van der Waals surface area (Å²) in [5, 5.41) is 3.45. The predicted molar refractivity (Wildman–Crippen MR) is 123 cm³/mol. The Morgan fingerprint density at radius 2 is 1.78 bits per heavy atom. The van der Waals surface area contributed by atoms with E-state index in [1.165, 1.54) is 12.1 Å². The molecule has 0 saturated carbocycles. The van der Waals surface area contributed by atoms with Crippen LogP contribution in [-0.2, 0) is 0 Å². The fraction of sp³-hybridized carbons (Fsp3) is 0.120. The smallest absolute Gasteiger partial charge is 0.161 e. The third kappa shape index (κ3) is 3.58. The van der Waals surface area contributed by atoms with Crippen molar-refractivity contribution in [1.29, 1.82) is 0 Å². The molecule has 2 aromatic carbocycles. The van der Waals surface area contributed by atoms with Crippen LogP contribution < -0.4 is 10.1 Å². The molecule has 0 aliphatic heterocycles. The summed E-state index contributed by atoms with van der Waals surface area (Å²) >= 11 is 0. The van der Waals surface area contributed by atoms with Crippen LogP contribution in [0, 0.1) is 19.7 Å². The third-order valence-electron chi connectivity index (χ3n) is 5.34. The first-order valence-corrected chi connectivity index (χ1v) is 10.2. The highest BCUT2D eigenvalue weighted by Gasteiger charge is 2.12. The van der Waals surface area contributed by atoms with E-state index in [0.29, 0.717) is 0 Å². The van der Waals surface area contributed by atoms with E-state index in [1.54, 1.807) is 19.2 Å². The third-order valence-corrected chi connectivity index (χ3v) is 5.34. The zero-order chi connectivity index (χ0) is 22.2. The molecule has 0 radical (unpaired) electrons. The fourth-order valence-electron chi connectivity index (χ4n) is 3.84. The molecule has 0 saturated heterocycles. The summed E-state index contributed by atoms with van der Waals surface area (Å²) in [4.78, 5) is 9.24. The topological polar surface area (TPSA) is 56.4 Å². The van der Waals surface area contributed by atoms with Gasteiger partial charge >= 0.3 is 0 Å². The normalized spacial score (nSPS) is 11.1. The monoisotopic (exact) mass is 427 g/mol. The second kappa shape index (κ2) is 7.85. The Hall–Kier alpha value is -4.13. The van der Waals surface area contributed by atoms with Crippen LogP contribution in [0.4, 0.5) is 15.8 Å². The Balaban J connectivity index is 1.50. The summed E-state index contributed by atoms with van der Waals surface area (Å²) in [5.41, 5.74) is 6.01. The number of fused-ring (bicyclic) bond motifs is 1. The zero-order valence-corrected chi connectivity index (χ0v) is 18.0. The van der Waals surface area contributed by atoms with Gasteiger partial charge in [-0.3, -0.25) is 0 Å². The summed E-state index contributed by atoms with van der Waals surface area (Å²) in [5.74, 6) is 1.37. The van der Waals surface area contributed by atoms with Gasteiger partial charge in [-0.2, -0.15) is 0 Å². The fourth-order valence-corrected chi connectivity index (χ4v) is 3.84. The number of hydrogen-bond donors (Lipinski definition) is 1. The van der Waals surface area contributed by atoms with Crippen molar-refractivity contribution < 1.29 is 9.13 Å². The van der Waals surface area contributed by atoms with Gasteiger partial charge in [-0.1, -0.05) is 0 Å². The maximum atomic E-state index is 13.3. The van der Waals surface area contributed by atoms with E-state index in [0.717, 1.165) is 51.2 Å². The number of anilines is 2. The standard InChI is InChI=1S/C25H22FN5O/c1-16-14-31(17(2)27-16)23-11-10-20(13-24(23)32-3)28-21-5-4-12-30-15-22(29-25(21)30)18-6-8-19(26)9-7-18/h4-15,28H,1-3H3. The molecular weight excluding hydrogens is 405 g/mol. The highest BCUT2D eigenvalue weighted by atomic mass is 19.1. The van der Waals surface area contributed by atoms with Crippen LogP contribution in [0.15, 0.2) is 73.2 Å². The Morgan fingerprint density at radius 3 is 2.50 bits per heavy atom. The zero-order valence-electron chi connectivity index (χ0n) is 18.0. The maximum Gasteiger partial charge on any atom is 0.161 e. The molecule has 0 spiro atoms. The number of aryl methyl sites for hydroxylation is 2. The van der Waals surface area contributed by atoms with Crippen LogP contribution in [0.1, 0.15) is 11.5 Å². The van der Waals surface area contributed by atoms with Gasteiger partial charge in [0.15, 0.2) is 5.65 Å². The summed E-state index contributed by atoms with van der Waals surface area (Å²) in [6, 6.07) is 16.2. The molecule has 0 aliphatic rings. The SMILES string of the molecule is COc1cc(Nc2cccn3cc(-c4ccc(F)cc4)nc23)ccc1-n1cc(C)nc1C. The maximum absolute atomic E-state index is 13.3. The summed E-state index contributed by atoms with van der Waals surface area (Å²) in [6.07, 6.45) is 5.86. The van der Waals surface area contributed by atoms with E-state index >= 15 is 0 Å². The van der Waals surface area contributed by atoms with Gasteiger partial charge in [0.1, 0.15) is 17.4 Å². The molecule has 32 heavy (non-hydrogen) atoms. The molecule has 7 heteroatoms. The van der Waals surface area contributed by atoms with Gasteiger partial charge in [-0.25, -0.2) is 14.4 Å². The molecular formula is C25H22FN5O. The summed E-state index contributed by atoms with van der Waals surface area (Å²) in [6.45, 7) is 3.94. The van der Waals surface area contributed by atoms with E-state index in [4.69, 9.17) is 9.72 Å². The van der Waals surface area contributed by atoms with Crippen LogP contribution in [0.5, 0.6) is 5.75 Å². The molecule has 0 unspecified atom stereocenters. The Morgan fingerprint density at radius 1 is 0.969 bits per heavy atom. The average Bonchev–Trinajstić information content (AvgIpc) is 3.37. The second-order valence-electron chi connectivity index (χ2n) is 7.60. The largest absolute Gasteiger partial charge is 0.494 e. The van der Waals surface area contributed by atoms with Gasteiger partial charge in [0.25, 0.3) is 0 Å². The van der Waals surface area contributed by atoms with Crippen molar-refractivity contribution in [3.8, 4) is 22.7 Å². The molecule has 0 bridgehead atoms. The molecule has 0 aliphatic carbocycles. The molecule has 3 aromatic heterocycles. The Bertz CT molecular complexity index is 1420. The quantitative estimate of drug-likeness (QED) is 0.391. The lowest BCUT2D eigenvalue weighted by Crippen LogP contribution is -2.01. The number of nitrogens with one attached hydrogen (secondary N) is 1. The van der Waals surface area contributed by atoms with Crippen molar-refractivity contribution in [2.24, 2.45) is 0 Å². The van der Waals surface area contributed by atoms with Crippen LogP contribution in [0.25, 0.3) is 22.6 Å². The highest BCUT2D eigenvalue weighted by molar-refractivity contribution is 5.77. The Kier molecular flexibility index (Phi) is 4.86.